The van der Waals surface area contributed by atoms with Crippen molar-refractivity contribution in [1.82, 2.24) is 9.78 Å². The van der Waals surface area contributed by atoms with Gasteiger partial charge in [-0.1, -0.05) is 6.07 Å². The molecule has 0 unspecified atom stereocenters. The summed E-state index contributed by atoms with van der Waals surface area (Å²) in [6.45, 7) is 2.00. The normalized spacial score (nSPS) is 16.4. The van der Waals surface area contributed by atoms with E-state index < -0.39 is 0 Å². The molecule has 1 fully saturated rings. The number of nitrogens with zero attached hydrogens (tertiary/aromatic N) is 2. The minimum Gasteiger partial charge on any atom is -0.491 e. The van der Waals surface area contributed by atoms with Crippen molar-refractivity contribution in [2.24, 2.45) is 0 Å². The summed E-state index contributed by atoms with van der Waals surface area (Å²) in [6, 6.07) is 13.0. The molecule has 1 atom stereocenters. The number of hydrogen-bond acceptors (Lipinski definition) is 5. The van der Waals surface area contributed by atoms with Crippen molar-refractivity contribution in [2.45, 2.75) is 25.5 Å². The van der Waals surface area contributed by atoms with Crippen molar-refractivity contribution in [1.29, 1.82) is 0 Å². The standard InChI is InChI=1S/C20H21N3O3S/c24-20(22-19-9-10-21-23(19)13-18-4-2-12-27-18)15-5-7-16(8-6-15)26-14-17-3-1-11-25-17/h2,4-10,12,17H,1,3,11,13-14H2,(H,22,24)/t17-/m0/s1. The first-order valence-corrected chi connectivity index (χ1v) is 9.86. The van der Waals surface area contributed by atoms with Crippen LogP contribution < -0.4 is 10.1 Å². The van der Waals surface area contributed by atoms with Crippen molar-refractivity contribution < 1.29 is 14.3 Å². The molecule has 4 rings (SSSR count). The van der Waals surface area contributed by atoms with E-state index in [1.54, 1.807) is 40.4 Å². The number of benzene rings is 1. The highest BCUT2D eigenvalue weighted by Crippen LogP contribution is 2.18. The van der Waals surface area contributed by atoms with Crippen LogP contribution in [0, 0.1) is 0 Å². The average Bonchev–Trinajstić information content (AvgIpc) is 3.45. The molecule has 0 bridgehead atoms. The van der Waals surface area contributed by atoms with Crippen LogP contribution in [-0.4, -0.2) is 35.0 Å². The predicted octanol–water partition coefficient (Wildman–Crippen LogP) is 3.80. The largest absolute Gasteiger partial charge is 0.491 e. The molecule has 1 aliphatic heterocycles. The fourth-order valence-corrected chi connectivity index (χ4v) is 3.66. The Morgan fingerprint density at radius 1 is 1.30 bits per heavy atom. The number of thiophene rings is 1. The molecule has 1 aliphatic rings. The third-order valence-electron chi connectivity index (χ3n) is 4.42. The van der Waals surface area contributed by atoms with Crippen molar-refractivity contribution in [3.8, 4) is 5.75 Å². The van der Waals surface area contributed by atoms with Crippen LogP contribution in [0.1, 0.15) is 28.1 Å². The number of ether oxygens (including phenoxy) is 2. The molecule has 0 aliphatic carbocycles. The molecular formula is C20H21N3O3S. The van der Waals surface area contributed by atoms with E-state index in [9.17, 15) is 4.79 Å². The summed E-state index contributed by atoms with van der Waals surface area (Å²) in [4.78, 5) is 13.7. The van der Waals surface area contributed by atoms with E-state index in [0.717, 1.165) is 25.2 Å². The number of hydrogen-bond donors (Lipinski definition) is 1. The lowest BCUT2D eigenvalue weighted by molar-refractivity contribution is 0.0679. The van der Waals surface area contributed by atoms with Crippen LogP contribution in [0.15, 0.2) is 54.0 Å². The van der Waals surface area contributed by atoms with Gasteiger partial charge in [-0.3, -0.25) is 4.79 Å². The summed E-state index contributed by atoms with van der Waals surface area (Å²) < 4.78 is 13.1. The number of aromatic nitrogens is 2. The third-order valence-corrected chi connectivity index (χ3v) is 5.28. The lowest BCUT2D eigenvalue weighted by atomic mass is 10.2. The van der Waals surface area contributed by atoms with Gasteiger partial charge in [0.15, 0.2) is 0 Å². The van der Waals surface area contributed by atoms with Gasteiger partial charge >= 0.3 is 0 Å². The zero-order chi connectivity index (χ0) is 18.5. The Labute approximate surface area is 161 Å². The summed E-state index contributed by atoms with van der Waals surface area (Å²) in [7, 11) is 0. The lowest BCUT2D eigenvalue weighted by Gasteiger charge is -2.12. The van der Waals surface area contributed by atoms with Crippen LogP contribution in [-0.2, 0) is 11.3 Å². The Bertz CT molecular complexity index is 868. The molecule has 1 saturated heterocycles. The van der Waals surface area contributed by atoms with Gasteiger partial charge in [-0.05, 0) is 48.6 Å². The zero-order valence-corrected chi connectivity index (χ0v) is 15.7. The highest BCUT2D eigenvalue weighted by molar-refractivity contribution is 7.09. The van der Waals surface area contributed by atoms with Gasteiger partial charge in [0.05, 0.1) is 18.8 Å². The second-order valence-corrected chi connectivity index (χ2v) is 7.41. The van der Waals surface area contributed by atoms with E-state index in [2.05, 4.69) is 10.4 Å². The van der Waals surface area contributed by atoms with E-state index in [1.807, 2.05) is 29.6 Å². The SMILES string of the molecule is O=C(Nc1ccnn1Cc1cccs1)c1ccc(OC[C@@H]2CCCO2)cc1. The van der Waals surface area contributed by atoms with Gasteiger partial charge in [-0.15, -0.1) is 11.3 Å². The van der Waals surface area contributed by atoms with Gasteiger partial charge in [0.2, 0.25) is 0 Å². The molecule has 0 spiro atoms. The Balaban J connectivity index is 1.35. The van der Waals surface area contributed by atoms with E-state index in [0.29, 0.717) is 24.5 Å². The highest BCUT2D eigenvalue weighted by Gasteiger charge is 2.16. The Hall–Kier alpha value is -2.64. The smallest absolute Gasteiger partial charge is 0.256 e. The summed E-state index contributed by atoms with van der Waals surface area (Å²) >= 11 is 1.66. The highest BCUT2D eigenvalue weighted by atomic mass is 32.1. The van der Waals surface area contributed by atoms with Crippen molar-refractivity contribution >= 4 is 23.1 Å². The Morgan fingerprint density at radius 3 is 2.93 bits per heavy atom. The van der Waals surface area contributed by atoms with Crippen LogP contribution in [0.3, 0.4) is 0 Å². The quantitative estimate of drug-likeness (QED) is 0.674. The maximum Gasteiger partial charge on any atom is 0.256 e. The summed E-state index contributed by atoms with van der Waals surface area (Å²) in [5.74, 6) is 1.24. The molecule has 0 saturated carbocycles. The molecule has 1 N–H and O–H groups in total. The lowest BCUT2D eigenvalue weighted by Crippen LogP contribution is -2.17. The Morgan fingerprint density at radius 2 is 2.19 bits per heavy atom. The van der Waals surface area contributed by atoms with E-state index in [-0.39, 0.29) is 12.0 Å². The first-order chi connectivity index (χ1) is 13.3. The molecule has 1 amide bonds. The molecule has 140 valence electrons. The predicted molar refractivity (Wildman–Crippen MR) is 105 cm³/mol. The first kappa shape index (κ1) is 17.8. The van der Waals surface area contributed by atoms with Crippen molar-refractivity contribution in [2.75, 3.05) is 18.5 Å². The minimum atomic E-state index is -0.173. The van der Waals surface area contributed by atoms with Gasteiger partial charge in [0.1, 0.15) is 18.2 Å². The summed E-state index contributed by atoms with van der Waals surface area (Å²) in [5.41, 5.74) is 0.573. The number of amides is 1. The molecule has 2 aromatic heterocycles. The Kier molecular flexibility index (Phi) is 5.50. The molecule has 1 aromatic carbocycles. The van der Waals surface area contributed by atoms with Gasteiger partial charge in [-0.2, -0.15) is 5.10 Å². The van der Waals surface area contributed by atoms with Gasteiger partial charge < -0.3 is 14.8 Å². The molecule has 0 radical (unpaired) electrons. The number of nitrogens with one attached hydrogen (secondary N) is 1. The molecule has 27 heavy (non-hydrogen) atoms. The van der Waals surface area contributed by atoms with Gasteiger partial charge in [0, 0.05) is 23.1 Å². The number of anilines is 1. The maximum absolute atomic E-state index is 12.5. The molecule has 7 heteroatoms. The molecular weight excluding hydrogens is 362 g/mol. The molecule has 3 aromatic rings. The van der Waals surface area contributed by atoms with E-state index in [1.165, 1.54) is 4.88 Å². The molecule has 3 heterocycles. The number of rotatable bonds is 7. The van der Waals surface area contributed by atoms with Crippen molar-refractivity contribution in [3.05, 3.63) is 64.5 Å². The maximum atomic E-state index is 12.5. The fourth-order valence-electron chi connectivity index (χ4n) is 2.97. The average molecular weight is 383 g/mol. The number of carbonyl (C=O) groups excluding carboxylic acids is 1. The fraction of sp³-hybridized carbons (Fsp3) is 0.300. The second kappa shape index (κ2) is 8.37. The van der Waals surface area contributed by atoms with E-state index >= 15 is 0 Å². The van der Waals surface area contributed by atoms with Crippen LogP contribution in [0.5, 0.6) is 5.75 Å². The summed E-state index contributed by atoms with van der Waals surface area (Å²) in [6.07, 6.45) is 4.00. The van der Waals surface area contributed by atoms with Crippen molar-refractivity contribution in [3.63, 3.8) is 0 Å². The first-order valence-electron chi connectivity index (χ1n) is 8.98. The van der Waals surface area contributed by atoms with E-state index in [4.69, 9.17) is 9.47 Å². The number of carbonyl (C=O) groups is 1. The molecule has 6 nitrogen and oxygen atoms in total. The van der Waals surface area contributed by atoms with Crippen LogP contribution in [0.4, 0.5) is 5.82 Å². The van der Waals surface area contributed by atoms with Crippen LogP contribution in [0.25, 0.3) is 0 Å². The summed E-state index contributed by atoms with van der Waals surface area (Å²) in [5, 5.41) is 9.24. The minimum absolute atomic E-state index is 0.173. The van der Waals surface area contributed by atoms with Gasteiger partial charge in [-0.25, -0.2) is 4.68 Å². The third kappa shape index (κ3) is 4.56. The topological polar surface area (TPSA) is 65.4 Å². The zero-order valence-electron chi connectivity index (χ0n) is 14.8. The second-order valence-electron chi connectivity index (χ2n) is 6.38. The van der Waals surface area contributed by atoms with Crippen LogP contribution in [0.2, 0.25) is 0 Å². The monoisotopic (exact) mass is 383 g/mol. The van der Waals surface area contributed by atoms with Gasteiger partial charge in [0.25, 0.3) is 5.91 Å². The van der Waals surface area contributed by atoms with Crippen LogP contribution >= 0.6 is 11.3 Å².